The molecule has 25 heavy (non-hydrogen) atoms. The van der Waals surface area contributed by atoms with Crippen LogP contribution >= 0.6 is 11.6 Å². The van der Waals surface area contributed by atoms with Crippen LogP contribution in [0.2, 0.25) is 5.02 Å². The fourth-order valence-corrected chi connectivity index (χ4v) is 2.47. The van der Waals surface area contributed by atoms with E-state index in [9.17, 15) is 9.59 Å². The first kappa shape index (κ1) is 17.0. The number of aliphatic hydroxyl groups excluding tert-OH is 1. The molecule has 0 unspecified atom stereocenters. The molecule has 9 heteroatoms. The minimum atomic E-state index is -0.673. The number of amides is 1. The average Bonchev–Trinajstić information content (AvgIpc) is 3.02. The van der Waals surface area contributed by atoms with Crippen LogP contribution < -0.4 is 15.7 Å². The summed E-state index contributed by atoms with van der Waals surface area (Å²) in [7, 11) is 0. The molecule has 3 rings (SSSR count). The predicted molar refractivity (Wildman–Crippen MR) is 92.1 cm³/mol. The molecule has 0 saturated carbocycles. The molecule has 2 N–H and O–H groups in total. The number of ether oxygens (including phenoxy) is 1. The second-order valence-corrected chi connectivity index (χ2v) is 5.53. The summed E-state index contributed by atoms with van der Waals surface area (Å²) in [5.74, 6) is 0.160. The molecule has 2 aromatic heterocycles. The number of carbonyl (C=O) groups is 1. The van der Waals surface area contributed by atoms with Gasteiger partial charge in [0, 0.05) is 0 Å². The first-order valence-electron chi connectivity index (χ1n) is 7.45. The fourth-order valence-electron chi connectivity index (χ4n) is 2.28. The normalized spacial score (nSPS) is 10.8. The van der Waals surface area contributed by atoms with Crippen LogP contribution in [0.3, 0.4) is 0 Å². The van der Waals surface area contributed by atoms with Gasteiger partial charge in [0.1, 0.15) is 36.8 Å². The van der Waals surface area contributed by atoms with Crippen molar-refractivity contribution >= 4 is 29.0 Å². The average molecular weight is 363 g/mol. The van der Waals surface area contributed by atoms with Gasteiger partial charge in [-0.2, -0.15) is 0 Å². The van der Waals surface area contributed by atoms with E-state index in [1.54, 1.807) is 36.4 Å². The summed E-state index contributed by atoms with van der Waals surface area (Å²) in [5, 5.41) is 11.8. The Kier molecular flexibility index (Phi) is 5.01. The Morgan fingerprint density at radius 3 is 2.84 bits per heavy atom. The number of hydrogen-bond acceptors (Lipinski definition) is 5. The highest BCUT2D eigenvalue weighted by atomic mass is 35.5. The maximum Gasteiger partial charge on any atom is 0.336 e. The lowest BCUT2D eigenvalue weighted by atomic mass is 10.3. The molecule has 0 fully saturated rings. The molecule has 0 atom stereocenters. The van der Waals surface area contributed by atoms with Crippen molar-refractivity contribution in [3.63, 3.8) is 0 Å². The van der Waals surface area contributed by atoms with Gasteiger partial charge in [-0.3, -0.25) is 9.36 Å². The monoisotopic (exact) mass is 362 g/mol. The lowest BCUT2D eigenvalue weighted by Gasteiger charge is -2.10. The Morgan fingerprint density at radius 1 is 1.28 bits per heavy atom. The molecule has 1 aromatic carbocycles. The number of nitrogens with zero attached hydrogens (tertiary/aromatic N) is 3. The standard InChI is InChI=1S/C16H15ClN4O4/c17-11-3-1-2-4-12(11)25-8-7-20-10-18-13-5-6-14(19-15(23)9-22)21(13)16(20)24/h1-6,10,22H,7-9H2,(H,19,23). The summed E-state index contributed by atoms with van der Waals surface area (Å²) < 4.78 is 8.18. The van der Waals surface area contributed by atoms with Gasteiger partial charge in [-0.1, -0.05) is 23.7 Å². The van der Waals surface area contributed by atoms with E-state index in [0.29, 0.717) is 16.4 Å². The molecule has 1 amide bonds. The largest absolute Gasteiger partial charge is 0.490 e. The number of carbonyl (C=O) groups excluding carboxylic acids is 1. The van der Waals surface area contributed by atoms with Gasteiger partial charge >= 0.3 is 5.69 Å². The van der Waals surface area contributed by atoms with Crippen LogP contribution in [-0.4, -0.2) is 38.2 Å². The zero-order valence-electron chi connectivity index (χ0n) is 13.1. The number of benzene rings is 1. The third kappa shape index (κ3) is 3.65. The summed E-state index contributed by atoms with van der Waals surface area (Å²) in [6.07, 6.45) is 1.41. The number of fused-ring (bicyclic) bond motifs is 1. The molecule has 130 valence electrons. The van der Waals surface area contributed by atoms with Gasteiger partial charge in [-0.05, 0) is 24.3 Å². The van der Waals surface area contributed by atoms with E-state index >= 15 is 0 Å². The minimum absolute atomic E-state index is 0.219. The molecule has 2 heterocycles. The number of nitrogens with one attached hydrogen (secondary N) is 1. The Balaban J connectivity index is 1.79. The zero-order chi connectivity index (χ0) is 17.8. The first-order chi connectivity index (χ1) is 12.1. The van der Waals surface area contributed by atoms with E-state index < -0.39 is 12.5 Å². The van der Waals surface area contributed by atoms with Gasteiger partial charge in [-0.25, -0.2) is 14.2 Å². The van der Waals surface area contributed by atoms with Gasteiger partial charge in [0.05, 0.1) is 11.6 Å². The van der Waals surface area contributed by atoms with Crippen molar-refractivity contribution < 1.29 is 14.6 Å². The van der Waals surface area contributed by atoms with Gasteiger partial charge in [0.25, 0.3) is 5.91 Å². The SMILES string of the molecule is O=C(CO)Nc1ccc2ncn(CCOc3ccccc3Cl)c(=O)n12. The van der Waals surface area contributed by atoms with Crippen molar-refractivity contribution in [1.29, 1.82) is 0 Å². The van der Waals surface area contributed by atoms with Crippen LogP contribution in [0.1, 0.15) is 0 Å². The third-order valence-corrected chi connectivity index (χ3v) is 3.78. The molecule has 0 bridgehead atoms. The Hall–Kier alpha value is -2.84. The number of anilines is 1. The van der Waals surface area contributed by atoms with E-state index in [2.05, 4.69) is 10.3 Å². The predicted octanol–water partition coefficient (Wildman–Crippen LogP) is 1.16. The Morgan fingerprint density at radius 2 is 2.08 bits per heavy atom. The Bertz CT molecular complexity index is 966. The van der Waals surface area contributed by atoms with Crippen molar-refractivity contribution in [3.05, 3.63) is 58.2 Å². The number of rotatable bonds is 6. The summed E-state index contributed by atoms with van der Waals surface area (Å²) in [5.41, 5.74) is 0.00695. The van der Waals surface area contributed by atoms with E-state index in [0.717, 1.165) is 0 Å². The highest BCUT2D eigenvalue weighted by Crippen LogP contribution is 2.22. The van der Waals surface area contributed by atoms with Gasteiger partial charge in [0.15, 0.2) is 0 Å². The zero-order valence-corrected chi connectivity index (χ0v) is 13.8. The van der Waals surface area contributed by atoms with Crippen LogP contribution in [0.15, 0.2) is 47.5 Å². The van der Waals surface area contributed by atoms with Crippen molar-refractivity contribution in [2.24, 2.45) is 0 Å². The van der Waals surface area contributed by atoms with Crippen LogP contribution in [0, 0.1) is 0 Å². The number of para-hydroxylation sites is 1. The highest BCUT2D eigenvalue weighted by molar-refractivity contribution is 6.32. The second kappa shape index (κ2) is 7.37. The maximum absolute atomic E-state index is 12.6. The molecule has 0 aliphatic heterocycles. The van der Waals surface area contributed by atoms with Gasteiger partial charge in [-0.15, -0.1) is 0 Å². The molecule has 3 aromatic rings. The second-order valence-electron chi connectivity index (χ2n) is 5.12. The van der Waals surface area contributed by atoms with Crippen molar-refractivity contribution in [2.75, 3.05) is 18.5 Å². The Labute approximate surface area is 147 Å². The molecule has 0 aliphatic rings. The van der Waals surface area contributed by atoms with Crippen molar-refractivity contribution in [2.45, 2.75) is 6.54 Å². The molecular weight excluding hydrogens is 348 g/mol. The quantitative estimate of drug-likeness (QED) is 0.685. The molecule has 8 nitrogen and oxygen atoms in total. The summed E-state index contributed by atoms with van der Waals surface area (Å²) in [6.45, 7) is -0.206. The molecular formula is C16H15ClN4O4. The highest BCUT2D eigenvalue weighted by Gasteiger charge is 2.11. The van der Waals surface area contributed by atoms with E-state index in [1.165, 1.54) is 15.3 Å². The van der Waals surface area contributed by atoms with Gasteiger partial charge in [0.2, 0.25) is 0 Å². The lowest BCUT2D eigenvalue weighted by molar-refractivity contribution is -0.118. The number of halogens is 1. The van der Waals surface area contributed by atoms with E-state index in [-0.39, 0.29) is 24.7 Å². The first-order valence-corrected chi connectivity index (χ1v) is 7.83. The minimum Gasteiger partial charge on any atom is -0.490 e. The van der Waals surface area contributed by atoms with E-state index in [4.69, 9.17) is 21.4 Å². The molecule has 0 spiro atoms. The van der Waals surface area contributed by atoms with E-state index in [1.807, 2.05) is 0 Å². The summed E-state index contributed by atoms with van der Waals surface area (Å²) in [4.78, 5) is 28.1. The number of hydrogen-bond donors (Lipinski definition) is 2. The molecule has 0 aliphatic carbocycles. The molecule has 0 radical (unpaired) electrons. The summed E-state index contributed by atoms with van der Waals surface area (Å²) in [6, 6.07) is 10.2. The number of aliphatic hydroxyl groups is 1. The maximum atomic E-state index is 12.6. The van der Waals surface area contributed by atoms with Crippen molar-refractivity contribution in [3.8, 4) is 5.75 Å². The summed E-state index contributed by atoms with van der Waals surface area (Å²) >= 11 is 6.01. The lowest BCUT2D eigenvalue weighted by Crippen LogP contribution is -2.30. The topological polar surface area (TPSA) is 97.9 Å². The van der Waals surface area contributed by atoms with Crippen LogP contribution in [-0.2, 0) is 11.3 Å². The fraction of sp³-hybridized carbons (Fsp3) is 0.188. The smallest absolute Gasteiger partial charge is 0.336 e. The van der Waals surface area contributed by atoms with Gasteiger partial charge < -0.3 is 15.2 Å². The van der Waals surface area contributed by atoms with Crippen LogP contribution in [0.25, 0.3) is 5.65 Å². The number of aromatic nitrogens is 3. The third-order valence-electron chi connectivity index (χ3n) is 3.46. The van der Waals surface area contributed by atoms with Crippen LogP contribution in [0.4, 0.5) is 5.82 Å². The van der Waals surface area contributed by atoms with Crippen LogP contribution in [0.5, 0.6) is 5.75 Å². The molecule has 0 saturated heterocycles. The van der Waals surface area contributed by atoms with Crippen molar-refractivity contribution in [1.82, 2.24) is 14.0 Å².